The van der Waals surface area contributed by atoms with Crippen LogP contribution in [0.3, 0.4) is 0 Å². The van der Waals surface area contributed by atoms with E-state index >= 15 is 0 Å². The quantitative estimate of drug-likeness (QED) is 0.0114. The standard InChI is InChI=1S/C35H60N12O18/c1-15(36)21(50)13-22(51)44-23(25(52)33(60)61)30(57)41-17(7-3-4-10-39-35(37)38)28(55)45-24(26(53)34(62)63)31(58)43-20(14-48)29(56)40-18(8-5-11-46(64)16(2)49)27(54)42-19-9-6-12-47(65)32(19)59/h15,17-21,23-26,48,50,52-53,64-65H,3-14,36H2,1-2H3,(H,40,56)(H,41,57)(H,42,54)(H,43,58)(H,44,51)(H,45,55)(H,60,61)(H,62,63)(H4,37,38,39)/t15?,17-,18+,19-,20+,21?,23+,24-,25+,26-/m1/s1. The van der Waals surface area contributed by atoms with Gasteiger partial charge in [-0.2, -0.15) is 0 Å². The van der Waals surface area contributed by atoms with Crippen molar-refractivity contribution in [2.24, 2.45) is 22.2 Å². The number of hydrogen-bond acceptors (Lipinski definition) is 18. The molecule has 368 valence electrons. The predicted octanol–water partition coefficient (Wildman–Crippen LogP) is -8.65. The molecule has 0 saturated carbocycles. The lowest BCUT2D eigenvalue weighted by atomic mass is 10.0. The Balaban J connectivity index is 3.44. The van der Waals surface area contributed by atoms with E-state index in [1.165, 1.54) is 6.92 Å². The summed E-state index contributed by atoms with van der Waals surface area (Å²) in [5.74, 6) is -14.2. The van der Waals surface area contributed by atoms with E-state index in [0.717, 1.165) is 6.92 Å². The van der Waals surface area contributed by atoms with Gasteiger partial charge in [0.15, 0.2) is 18.2 Å². The molecule has 10 atom stereocenters. The highest BCUT2D eigenvalue weighted by atomic mass is 16.5. The van der Waals surface area contributed by atoms with Gasteiger partial charge in [-0.1, -0.05) is 0 Å². The molecule has 0 aliphatic carbocycles. The number of unbranched alkanes of at least 4 members (excludes halogenated alkanes) is 1. The minimum Gasteiger partial charge on any atom is -0.479 e. The highest BCUT2D eigenvalue weighted by molar-refractivity contribution is 5.99. The van der Waals surface area contributed by atoms with Crippen molar-refractivity contribution in [1.29, 1.82) is 0 Å². The molecular formula is C35H60N12O18. The van der Waals surface area contributed by atoms with Gasteiger partial charge in [-0.3, -0.25) is 53.8 Å². The van der Waals surface area contributed by atoms with Crippen molar-refractivity contribution in [1.82, 2.24) is 42.0 Å². The first-order valence-corrected chi connectivity index (χ1v) is 20.0. The first kappa shape index (κ1) is 56.7. The number of hydroxylamine groups is 4. The molecule has 0 bridgehead atoms. The molecule has 1 aliphatic rings. The number of aliphatic hydroxyl groups is 4. The van der Waals surface area contributed by atoms with Gasteiger partial charge in [-0.05, 0) is 51.9 Å². The van der Waals surface area contributed by atoms with Crippen LogP contribution in [0.4, 0.5) is 0 Å². The number of aliphatic imine (C=N–C) groups is 1. The van der Waals surface area contributed by atoms with Gasteiger partial charge in [0.25, 0.3) is 5.91 Å². The molecule has 0 aromatic heterocycles. The number of aliphatic carboxylic acids is 2. The number of carbonyl (C=O) groups excluding carboxylic acids is 8. The fourth-order valence-corrected chi connectivity index (χ4v) is 5.79. The van der Waals surface area contributed by atoms with Crippen molar-refractivity contribution in [2.45, 2.75) is 126 Å². The number of nitrogens with one attached hydrogen (secondary N) is 6. The van der Waals surface area contributed by atoms with E-state index in [1.54, 1.807) is 0 Å². The maximum absolute atomic E-state index is 13.7. The summed E-state index contributed by atoms with van der Waals surface area (Å²) in [4.78, 5) is 131. The van der Waals surface area contributed by atoms with Crippen LogP contribution in [-0.4, -0.2) is 203 Å². The Kier molecular flexibility index (Phi) is 24.2. The van der Waals surface area contributed by atoms with Gasteiger partial charge < -0.3 is 79.7 Å². The van der Waals surface area contributed by atoms with Gasteiger partial charge in [0.05, 0.1) is 19.1 Å². The molecule has 30 heteroatoms. The monoisotopic (exact) mass is 936 g/mol. The number of carboxylic acid groups (broad SMARTS) is 2. The number of carboxylic acids is 2. The second-order valence-corrected chi connectivity index (χ2v) is 14.8. The summed E-state index contributed by atoms with van der Waals surface area (Å²) in [5, 5.41) is 92.5. The number of nitrogens with zero attached hydrogens (tertiary/aromatic N) is 3. The molecule has 65 heavy (non-hydrogen) atoms. The number of aliphatic hydroxyl groups excluding tert-OH is 4. The highest BCUT2D eigenvalue weighted by Gasteiger charge is 2.40. The number of hydrogen-bond donors (Lipinski definition) is 17. The second-order valence-electron chi connectivity index (χ2n) is 14.8. The summed E-state index contributed by atoms with van der Waals surface area (Å²) in [6, 6.07) is -12.6. The third kappa shape index (κ3) is 19.5. The van der Waals surface area contributed by atoms with Crippen molar-refractivity contribution >= 4 is 65.2 Å². The minimum atomic E-state index is -2.81. The van der Waals surface area contributed by atoms with Crippen LogP contribution in [0.2, 0.25) is 0 Å². The first-order valence-electron chi connectivity index (χ1n) is 20.0. The molecule has 1 fully saturated rings. The molecule has 8 amide bonds. The third-order valence-corrected chi connectivity index (χ3v) is 9.55. The zero-order valence-electron chi connectivity index (χ0n) is 35.5. The fraction of sp³-hybridized carbons (Fsp3) is 0.686. The van der Waals surface area contributed by atoms with E-state index in [0.29, 0.717) is 10.1 Å². The summed E-state index contributed by atoms with van der Waals surface area (Å²) < 4.78 is 0. The molecule has 1 aliphatic heterocycles. The van der Waals surface area contributed by atoms with E-state index in [9.17, 15) is 89.0 Å². The Hall–Kier alpha value is -6.31. The molecule has 0 aromatic carbocycles. The average Bonchev–Trinajstić information content (AvgIpc) is 3.23. The smallest absolute Gasteiger partial charge is 0.335 e. The van der Waals surface area contributed by atoms with Crippen molar-refractivity contribution in [3.05, 3.63) is 0 Å². The number of guanidine groups is 1. The van der Waals surface area contributed by atoms with Gasteiger partial charge in [0, 0.05) is 32.6 Å². The van der Waals surface area contributed by atoms with Gasteiger partial charge >= 0.3 is 11.9 Å². The molecule has 1 saturated heterocycles. The van der Waals surface area contributed by atoms with Gasteiger partial charge in [-0.15, -0.1) is 0 Å². The topological polar surface area (TPSA) is 502 Å². The lowest BCUT2D eigenvalue weighted by Gasteiger charge is -2.30. The summed E-state index contributed by atoms with van der Waals surface area (Å²) in [6.45, 7) is 0.718. The van der Waals surface area contributed by atoms with Crippen LogP contribution < -0.4 is 49.1 Å². The van der Waals surface area contributed by atoms with Crippen molar-refractivity contribution < 1.29 is 89.0 Å². The fourth-order valence-electron chi connectivity index (χ4n) is 5.79. The van der Waals surface area contributed by atoms with Crippen LogP contribution in [0.5, 0.6) is 0 Å². The number of amides is 8. The van der Waals surface area contributed by atoms with Crippen molar-refractivity contribution in [3.8, 4) is 0 Å². The second kappa shape index (κ2) is 27.8. The lowest BCUT2D eigenvalue weighted by molar-refractivity contribution is -0.173. The van der Waals surface area contributed by atoms with Gasteiger partial charge in [0.1, 0.15) is 36.3 Å². The Morgan fingerprint density at radius 1 is 0.785 bits per heavy atom. The van der Waals surface area contributed by atoms with Crippen LogP contribution >= 0.6 is 0 Å². The zero-order valence-corrected chi connectivity index (χ0v) is 35.5. The minimum absolute atomic E-state index is 0.0168. The van der Waals surface area contributed by atoms with Crippen LogP contribution in [0, 0.1) is 0 Å². The molecule has 2 unspecified atom stereocenters. The predicted molar refractivity (Wildman–Crippen MR) is 216 cm³/mol. The average molecular weight is 937 g/mol. The summed E-state index contributed by atoms with van der Waals surface area (Å²) in [6.07, 6.45) is -8.16. The number of nitrogens with two attached hydrogens (primary N) is 3. The van der Waals surface area contributed by atoms with Gasteiger partial charge in [0.2, 0.25) is 41.4 Å². The van der Waals surface area contributed by atoms with E-state index in [4.69, 9.17) is 17.2 Å². The van der Waals surface area contributed by atoms with E-state index < -0.39 is 139 Å². The normalized spacial score (nSPS) is 17.8. The Bertz CT molecular complexity index is 1730. The number of carbonyl (C=O) groups is 10. The van der Waals surface area contributed by atoms with Crippen LogP contribution in [0.1, 0.15) is 65.2 Å². The highest BCUT2D eigenvalue weighted by Crippen LogP contribution is 2.12. The lowest BCUT2D eigenvalue weighted by Crippen LogP contribution is -2.64. The van der Waals surface area contributed by atoms with Crippen molar-refractivity contribution in [2.75, 3.05) is 26.2 Å². The molecule has 0 spiro atoms. The Morgan fingerprint density at radius 3 is 1.82 bits per heavy atom. The summed E-state index contributed by atoms with van der Waals surface area (Å²) in [7, 11) is 0. The molecule has 30 nitrogen and oxygen atoms in total. The SMILES string of the molecule is CC(=O)N(O)CCC[C@H](NC(=O)[C@H](CO)NC(=O)[C@H](NC(=O)[C@@H](CCCCN=C(N)N)NC(=O)[C@@H](NC(=O)CC(O)C(C)N)[C@H](O)C(=O)O)[C@@H](O)C(=O)O)C(=O)N[C@@H]1CCCN(O)C1=O. The summed E-state index contributed by atoms with van der Waals surface area (Å²) >= 11 is 0. The molecule has 20 N–H and O–H groups in total. The number of rotatable bonds is 28. The van der Waals surface area contributed by atoms with Gasteiger partial charge in [-0.25, -0.2) is 19.7 Å². The van der Waals surface area contributed by atoms with Crippen LogP contribution in [0.25, 0.3) is 0 Å². The third-order valence-electron chi connectivity index (χ3n) is 9.55. The van der Waals surface area contributed by atoms with Crippen LogP contribution in [-0.2, 0) is 47.9 Å². The maximum Gasteiger partial charge on any atom is 0.335 e. The molecule has 1 heterocycles. The molecule has 0 aromatic rings. The molecule has 0 radical (unpaired) electrons. The van der Waals surface area contributed by atoms with E-state index in [-0.39, 0.29) is 64.1 Å². The Morgan fingerprint density at radius 2 is 1.29 bits per heavy atom. The van der Waals surface area contributed by atoms with E-state index in [2.05, 4.69) is 20.9 Å². The largest absolute Gasteiger partial charge is 0.479 e. The van der Waals surface area contributed by atoms with E-state index in [1.807, 2.05) is 16.0 Å². The summed E-state index contributed by atoms with van der Waals surface area (Å²) in [5.41, 5.74) is 16.1. The Labute approximate surface area is 370 Å². The molecule has 1 rings (SSSR count). The molecular weight excluding hydrogens is 876 g/mol. The van der Waals surface area contributed by atoms with Crippen molar-refractivity contribution in [3.63, 3.8) is 0 Å². The first-order chi connectivity index (χ1) is 30.3. The zero-order chi connectivity index (χ0) is 49.7. The maximum atomic E-state index is 13.7. The van der Waals surface area contributed by atoms with Crippen LogP contribution in [0.15, 0.2) is 4.99 Å². The number of piperidine rings is 1.